The van der Waals surface area contributed by atoms with Crippen LogP contribution in [0.2, 0.25) is 0 Å². The summed E-state index contributed by atoms with van der Waals surface area (Å²) in [7, 11) is -3.15. The van der Waals surface area contributed by atoms with Crippen molar-refractivity contribution in [3.63, 3.8) is 0 Å². The number of aliphatic carboxylic acids is 1. The van der Waals surface area contributed by atoms with E-state index in [2.05, 4.69) is 20.8 Å². The van der Waals surface area contributed by atoms with Gasteiger partial charge in [-0.2, -0.15) is 0 Å². The molecule has 5 nitrogen and oxygen atoms in total. The molecule has 26 heavy (non-hydrogen) atoms. The number of benzene rings is 1. The molecule has 1 aromatic rings. The van der Waals surface area contributed by atoms with Gasteiger partial charge in [0.15, 0.2) is 0 Å². The van der Waals surface area contributed by atoms with Gasteiger partial charge in [-0.25, -0.2) is 4.21 Å². The van der Waals surface area contributed by atoms with Crippen molar-refractivity contribution in [1.29, 1.82) is 0 Å². The molecule has 0 heterocycles. The molecule has 0 aromatic heterocycles. The maximum Gasteiger partial charge on any atom is 0.309 e. The van der Waals surface area contributed by atoms with Crippen molar-refractivity contribution < 1.29 is 23.4 Å². The average Bonchev–Trinajstić information content (AvgIpc) is 2.50. The number of carboxylic acids is 1. The van der Waals surface area contributed by atoms with E-state index in [1.54, 1.807) is 38.1 Å². The number of rotatable bonds is 9. The van der Waals surface area contributed by atoms with E-state index in [1.165, 1.54) is 5.37 Å². The maximum atomic E-state index is 12.4. The first-order valence-corrected chi connectivity index (χ1v) is 10.5. The summed E-state index contributed by atoms with van der Waals surface area (Å²) >= 11 is 0. The number of hydrogen-bond acceptors (Lipinski definition) is 3. The van der Waals surface area contributed by atoms with Crippen LogP contribution in [0.4, 0.5) is 0 Å². The van der Waals surface area contributed by atoms with Crippen LogP contribution < -0.4 is 4.74 Å². The van der Waals surface area contributed by atoms with Crippen molar-refractivity contribution in [3.05, 3.63) is 24.3 Å². The van der Waals surface area contributed by atoms with Gasteiger partial charge in [-0.05, 0) is 74.6 Å². The number of carbonyl (C=O) groups is 1. The third kappa shape index (κ3) is 7.79. The first kappa shape index (κ1) is 22.5. The summed E-state index contributed by atoms with van der Waals surface area (Å²) in [4.78, 5) is 11.4. The van der Waals surface area contributed by atoms with Gasteiger partial charge in [0.05, 0.1) is 16.9 Å². The summed E-state index contributed by atoms with van der Waals surface area (Å²) in [5.41, 5.74) is -0.641. The Bertz CT molecular complexity index is 705. The Hall–Kier alpha value is -1.53. The monoisotopic (exact) mass is 384 g/mol. The first-order valence-electron chi connectivity index (χ1n) is 8.90. The van der Waals surface area contributed by atoms with E-state index in [1.807, 2.05) is 0 Å². The second-order valence-electron chi connectivity index (χ2n) is 8.45. The van der Waals surface area contributed by atoms with Crippen LogP contribution in [0.1, 0.15) is 60.3 Å². The van der Waals surface area contributed by atoms with Crippen LogP contribution >= 0.6 is 0 Å². The van der Waals surface area contributed by atoms with Gasteiger partial charge in [0, 0.05) is 0 Å². The fourth-order valence-corrected chi connectivity index (χ4v) is 3.45. The predicted octanol–water partition coefficient (Wildman–Crippen LogP) is 4.70. The van der Waals surface area contributed by atoms with Crippen LogP contribution in [-0.2, 0) is 14.6 Å². The first-order chi connectivity index (χ1) is 11.8. The molecule has 0 saturated heterocycles. The molecule has 0 amide bonds. The Labute approximate surface area is 157 Å². The second-order valence-corrected chi connectivity index (χ2v) is 10.4. The van der Waals surface area contributed by atoms with Gasteiger partial charge < -0.3 is 14.4 Å². The summed E-state index contributed by atoms with van der Waals surface area (Å²) in [6.45, 7) is 10.1. The van der Waals surface area contributed by atoms with Crippen molar-refractivity contribution in [2.45, 2.75) is 65.2 Å². The van der Waals surface area contributed by atoms with Crippen LogP contribution in [0.5, 0.6) is 5.75 Å². The molecule has 0 aliphatic carbocycles. The van der Waals surface area contributed by atoms with Crippen LogP contribution in [0.3, 0.4) is 0 Å². The van der Waals surface area contributed by atoms with Gasteiger partial charge in [-0.1, -0.05) is 20.8 Å². The topological polar surface area (TPSA) is 83.8 Å². The molecule has 1 unspecified atom stereocenters. The van der Waals surface area contributed by atoms with E-state index in [0.717, 1.165) is 6.42 Å². The molecule has 0 aliphatic rings. The molecule has 0 aliphatic heterocycles. The van der Waals surface area contributed by atoms with Crippen molar-refractivity contribution in [3.8, 4) is 5.75 Å². The highest BCUT2D eigenvalue weighted by Crippen LogP contribution is 2.23. The Morgan fingerprint density at radius 3 is 2.19 bits per heavy atom. The average molecular weight is 385 g/mol. The molecular weight excluding hydrogens is 352 g/mol. The quantitative estimate of drug-likeness (QED) is 0.476. The lowest BCUT2D eigenvalue weighted by Gasteiger charge is -2.18. The molecule has 1 rings (SSSR count). The minimum atomic E-state index is -3.15. The lowest BCUT2D eigenvalue weighted by atomic mass is 9.88. The SMILES string of the molecule is CC(C)(C)CCC=S(=O)(O)c1ccc(OCCCC(C)(C)C(=O)O)cc1. The lowest BCUT2D eigenvalue weighted by Crippen LogP contribution is -2.24. The normalized spacial score (nSPS) is 14.5. The van der Waals surface area contributed by atoms with E-state index in [9.17, 15) is 13.6 Å². The minimum absolute atomic E-state index is 0.124. The Balaban J connectivity index is 2.59. The van der Waals surface area contributed by atoms with Gasteiger partial charge in [0.25, 0.3) is 0 Å². The zero-order valence-electron chi connectivity index (χ0n) is 16.4. The highest BCUT2D eigenvalue weighted by atomic mass is 32.2. The zero-order chi connectivity index (χ0) is 20.0. The molecule has 1 atom stereocenters. The molecule has 0 saturated carbocycles. The Kier molecular flexibility index (Phi) is 7.71. The highest BCUT2D eigenvalue weighted by Gasteiger charge is 2.26. The third-order valence-electron chi connectivity index (χ3n) is 4.19. The fraction of sp³-hybridized carbons (Fsp3) is 0.600. The number of carboxylic acid groups (broad SMARTS) is 1. The van der Waals surface area contributed by atoms with E-state index >= 15 is 0 Å². The van der Waals surface area contributed by atoms with Crippen LogP contribution in [0.15, 0.2) is 29.2 Å². The van der Waals surface area contributed by atoms with Crippen molar-refractivity contribution in [1.82, 2.24) is 0 Å². The third-order valence-corrected chi connectivity index (χ3v) is 5.83. The summed E-state index contributed by atoms with van der Waals surface area (Å²) in [5, 5.41) is 10.6. The van der Waals surface area contributed by atoms with Crippen molar-refractivity contribution in [2.75, 3.05) is 6.61 Å². The largest absolute Gasteiger partial charge is 0.494 e. The smallest absolute Gasteiger partial charge is 0.309 e. The van der Waals surface area contributed by atoms with E-state index < -0.39 is 21.2 Å². The Morgan fingerprint density at radius 2 is 1.69 bits per heavy atom. The summed E-state index contributed by atoms with van der Waals surface area (Å²) in [6, 6.07) is 6.55. The van der Waals surface area contributed by atoms with Gasteiger partial charge in [0.2, 0.25) is 0 Å². The zero-order valence-corrected chi connectivity index (χ0v) is 17.3. The molecule has 1 aromatic carbocycles. The minimum Gasteiger partial charge on any atom is -0.494 e. The summed E-state index contributed by atoms with van der Waals surface area (Å²) < 4.78 is 28.2. The van der Waals surface area contributed by atoms with Crippen molar-refractivity contribution in [2.24, 2.45) is 10.8 Å². The number of ether oxygens (including phenoxy) is 1. The van der Waals surface area contributed by atoms with Crippen LogP contribution in [0, 0.1) is 10.8 Å². The fourth-order valence-electron chi connectivity index (χ4n) is 2.29. The molecule has 0 fully saturated rings. The molecule has 2 N–H and O–H groups in total. The van der Waals surface area contributed by atoms with Gasteiger partial charge in [-0.15, -0.1) is 0 Å². The van der Waals surface area contributed by atoms with Crippen molar-refractivity contribution >= 4 is 21.1 Å². The predicted molar refractivity (Wildman–Crippen MR) is 106 cm³/mol. The van der Waals surface area contributed by atoms with Gasteiger partial charge in [0.1, 0.15) is 15.6 Å². The summed E-state index contributed by atoms with van der Waals surface area (Å²) in [6.07, 6.45) is 2.57. The Morgan fingerprint density at radius 1 is 1.12 bits per heavy atom. The number of hydrogen-bond donors (Lipinski definition) is 2. The molecule has 148 valence electrons. The molecule has 6 heteroatoms. The van der Waals surface area contributed by atoms with Crippen LogP contribution in [-0.4, -0.2) is 31.8 Å². The lowest BCUT2D eigenvalue weighted by molar-refractivity contribution is -0.147. The van der Waals surface area contributed by atoms with E-state index in [0.29, 0.717) is 36.5 Å². The second kappa shape index (κ2) is 8.91. The molecular formula is C20H32O5S. The summed E-state index contributed by atoms with van der Waals surface area (Å²) in [5.74, 6) is -0.214. The van der Waals surface area contributed by atoms with E-state index in [-0.39, 0.29) is 5.41 Å². The van der Waals surface area contributed by atoms with E-state index in [4.69, 9.17) is 9.84 Å². The van der Waals surface area contributed by atoms with Gasteiger partial charge in [-0.3, -0.25) is 4.79 Å². The molecule has 0 radical (unpaired) electrons. The molecule has 0 spiro atoms. The molecule has 0 bridgehead atoms. The van der Waals surface area contributed by atoms with Gasteiger partial charge >= 0.3 is 5.97 Å². The standard InChI is InChI=1S/C20H32O5S/c1-19(2,3)12-7-15-26(23,24)17-10-8-16(9-11-17)25-14-6-13-20(4,5)18(21)22/h8-11,15H,6-7,12-14H2,1-5H3,(H,21,22)(H,23,24). The maximum absolute atomic E-state index is 12.4. The van der Waals surface area contributed by atoms with Crippen LogP contribution in [0.25, 0.3) is 0 Å². The highest BCUT2D eigenvalue weighted by molar-refractivity contribution is 7.96.